The van der Waals surface area contributed by atoms with E-state index in [4.69, 9.17) is 11.5 Å². The van der Waals surface area contributed by atoms with E-state index < -0.39 is 0 Å². The second-order valence-corrected chi connectivity index (χ2v) is 5.65. The fourth-order valence-electron chi connectivity index (χ4n) is 2.57. The molecule has 4 N–H and O–H groups in total. The van der Waals surface area contributed by atoms with Gasteiger partial charge in [0.25, 0.3) is 0 Å². The van der Waals surface area contributed by atoms with Crippen LogP contribution in [0.5, 0.6) is 0 Å². The number of unbranched alkanes of at least 4 members (excludes halogenated alkanes) is 2. The monoisotopic (exact) mass is 262 g/mol. The van der Waals surface area contributed by atoms with Crippen LogP contribution in [0.3, 0.4) is 0 Å². The van der Waals surface area contributed by atoms with Crippen LogP contribution in [0, 0.1) is 5.92 Å². The summed E-state index contributed by atoms with van der Waals surface area (Å²) in [5.41, 5.74) is 14.3. The van der Waals surface area contributed by atoms with Crippen LogP contribution < -0.4 is 11.5 Å². The van der Waals surface area contributed by atoms with Crippen molar-refractivity contribution in [2.24, 2.45) is 5.92 Å². The van der Waals surface area contributed by atoms with Crippen LogP contribution in [0.15, 0.2) is 18.2 Å². The molecule has 19 heavy (non-hydrogen) atoms. The summed E-state index contributed by atoms with van der Waals surface area (Å²) < 4.78 is 0. The van der Waals surface area contributed by atoms with Crippen molar-refractivity contribution in [2.75, 3.05) is 11.5 Å². The molecule has 2 nitrogen and oxygen atoms in total. The van der Waals surface area contributed by atoms with Crippen molar-refractivity contribution < 1.29 is 0 Å². The van der Waals surface area contributed by atoms with Crippen molar-refractivity contribution in [3.05, 3.63) is 23.8 Å². The zero-order chi connectivity index (χ0) is 14.1. The Hall–Kier alpha value is -1.18. The highest BCUT2D eigenvalue weighted by molar-refractivity contribution is 5.63. The van der Waals surface area contributed by atoms with Gasteiger partial charge < -0.3 is 11.5 Å². The third-order valence-electron chi connectivity index (χ3n) is 3.92. The molecule has 0 amide bonds. The smallest absolute Gasteiger partial charge is 0.0550 e. The van der Waals surface area contributed by atoms with Crippen LogP contribution >= 0.6 is 0 Å². The fraction of sp³-hybridized carbons (Fsp3) is 0.647. The van der Waals surface area contributed by atoms with E-state index in [0.717, 1.165) is 18.0 Å². The van der Waals surface area contributed by atoms with Crippen molar-refractivity contribution in [1.29, 1.82) is 0 Å². The van der Waals surface area contributed by atoms with Gasteiger partial charge in [-0.05, 0) is 36.5 Å². The Morgan fingerprint density at radius 2 is 1.53 bits per heavy atom. The first-order chi connectivity index (χ1) is 9.17. The minimum absolute atomic E-state index is 0.692. The summed E-state index contributed by atoms with van der Waals surface area (Å²) in [6.07, 6.45) is 10.5. The summed E-state index contributed by atoms with van der Waals surface area (Å²) in [6.45, 7) is 4.55. The lowest BCUT2D eigenvalue weighted by Gasteiger charge is -2.16. The van der Waals surface area contributed by atoms with Crippen LogP contribution in [0.25, 0.3) is 0 Å². The van der Waals surface area contributed by atoms with Gasteiger partial charge in [0.1, 0.15) is 0 Å². The second kappa shape index (κ2) is 8.84. The molecule has 1 aromatic carbocycles. The van der Waals surface area contributed by atoms with Crippen LogP contribution in [0.1, 0.15) is 64.4 Å². The first kappa shape index (κ1) is 15.9. The van der Waals surface area contributed by atoms with E-state index in [2.05, 4.69) is 19.9 Å². The van der Waals surface area contributed by atoms with E-state index in [-0.39, 0.29) is 0 Å². The maximum absolute atomic E-state index is 5.86. The number of nitrogens with two attached hydrogens (primary N) is 2. The van der Waals surface area contributed by atoms with Gasteiger partial charge in [-0.3, -0.25) is 0 Å². The highest BCUT2D eigenvalue weighted by atomic mass is 14.7. The summed E-state index contributed by atoms with van der Waals surface area (Å²) >= 11 is 0. The lowest BCUT2D eigenvalue weighted by Crippen LogP contribution is -2.03. The first-order valence-electron chi connectivity index (χ1n) is 7.81. The van der Waals surface area contributed by atoms with Crippen LogP contribution in [0.2, 0.25) is 0 Å². The van der Waals surface area contributed by atoms with E-state index >= 15 is 0 Å². The summed E-state index contributed by atoms with van der Waals surface area (Å²) in [7, 11) is 0. The lowest BCUT2D eigenvalue weighted by atomic mass is 9.90. The molecule has 0 bridgehead atoms. The van der Waals surface area contributed by atoms with Crippen LogP contribution in [0.4, 0.5) is 11.4 Å². The molecule has 0 heterocycles. The average molecular weight is 262 g/mol. The molecule has 0 aliphatic carbocycles. The number of hydrogen-bond acceptors (Lipinski definition) is 2. The first-order valence-corrected chi connectivity index (χ1v) is 7.81. The SMILES string of the molecule is CCCCC(CCCC)CCc1ccc(N)c(N)c1. The van der Waals surface area contributed by atoms with Crippen molar-refractivity contribution in [3.8, 4) is 0 Å². The topological polar surface area (TPSA) is 52.0 Å². The fourth-order valence-corrected chi connectivity index (χ4v) is 2.57. The van der Waals surface area contributed by atoms with E-state index in [1.165, 1.54) is 50.5 Å². The third kappa shape index (κ3) is 6.00. The van der Waals surface area contributed by atoms with Crippen LogP contribution in [-0.2, 0) is 6.42 Å². The minimum atomic E-state index is 0.692. The number of hydrogen-bond donors (Lipinski definition) is 2. The number of aryl methyl sites for hydroxylation is 1. The Morgan fingerprint density at radius 1 is 0.895 bits per heavy atom. The molecule has 0 fully saturated rings. The molecule has 0 aliphatic heterocycles. The van der Waals surface area contributed by atoms with E-state index in [1.807, 2.05) is 12.1 Å². The van der Waals surface area contributed by atoms with Gasteiger partial charge in [0.2, 0.25) is 0 Å². The molecule has 0 aromatic heterocycles. The molecular formula is C17H30N2. The van der Waals surface area contributed by atoms with Gasteiger partial charge in [0.05, 0.1) is 11.4 Å². The van der Waals surface area contributed by atoms with Gasteiger partial charge in [-0.2, -0.15) is 0 Å². The number of anilines is 2. The maximum Gasteiger partial charge on any atom is 0.0550 e. The van der Waals surface area contributed by atoms with E-state index in [0.29, 0.717) is 5.69 Å². The van der Waals surface area contributed by atoms with Crippen molar-refractivity contribution in [2.45, 2.75) is 65.2 Å². The minimum Gasteiger partial charge on any atom is -0.397 e. The largest absolute Gasteiger partial charge is 0.397 e. The second-order valence-electron chi connectivity index (χ2n) is 5.65. The average Bonchev–Trinajstić information content (AvgIpc) is 2.41. The Morgan fingerprint density at radius 3 is 2.05 bits per heavy atom. The number of rotatable bonds is 9. The number of nitrogen functional groups attached to an aromatic ring is 2. The van der Waals surface area contributed by atoms with Gasteiger partial charge in [-0.25, -0.2) is 0 Å². The lowest BCUT2D eigenvalue weighted by molar-refractivity contribution is 0.394. The maximum atomic E-state index is 5.86. The molecule has 0 aliphatic rings. The predicted molar refractivity (Wildman–Crippen MR) is 86.1 cm³/mol. The zero-order valence-electron chi connectivity index (χ0n) is 12.6. The van der Waals surface area contributed by atoms with Crippen molar-refractivity contribution in [1.82, 2.24) is 0 Å². The predicted octanol–water partition coefficient (Wildman–Crippen LogP) is 4.78. The summed E-state index contributed by atoms with van der Waals surface area (Å²) in [6, 6.07) is 6.08. The molecule has 1 rings (SSSR count). The normalized spacial score (nSPS) is 11.1. The summed E-state index contributed by atoms with van der Waals surface area (Å²) in [5.74, 6) is 0.874. The zero-order valence-corrected chi connectivity index (χ0v) is 12.6. The Bertz CT molecular complexity index is 352. The molecule has 0 radical (unpaired) electrons. The molecule has 0 unspecified atom stereocenters. The highest BCUT2D eigenvalue weighted by Crippen LogP contribution is 2.23. The van der Waals surface area contributed by atoms with Crippen molar-refractivity contribution >= 4 is 11.4 Å². The van der Waals surface area contributed by atoms with E-state index in [1.54, 1.807) is 0 Å². The van der Waals surface area contributed by atoms with Crippen LogP contribution in [-0.4, -0.2) is 0 Å². The van der Waals surface area contributed by atoms with Gasteiger partial charge >= 0.3 is 0 Å². The van der Waals surface area contributed by atoms with Gasteiger partial charge in [0.15, 0.2) is 0 Å². The molecule has 0 saturated heterocycles. The Labute approximate surface area is 118 Å². The Balaban J connectivity index is 2.46. The van der Waals surface area contributed by atoms with E-state index in [9.17, 15) is 0 Å². The van der Waals surface area contributed by atoms with Gasteiger partial charge in [-0.1, -0.05) is 58.4 Å². The third-order valence-corrected chi connectivity index (χ3v) is 3.92. The standard InChI is InChI=1S/C17H30N2/c1-3-5-7-14(8-6-4-2)9-10-15-11-12-16(18)17(19)13-15/h11-14H,3-10,18-19H2,1-2H3. The van der Waals surface area contributed by atoms with Gasteiger partial charge in [-0.15, -0.1) is 0 Å². The molecule has 0 saturated carbocycles. The quantitative estimate of drug-likeness (QED) is 0.629. The molecule has 0 atom stereocenters. The van der Waals surface area contributed by atoms with Crippen molar-refractivity contribution in [3.63, 3.8) is 0 Å². The molecule has 2 heteroatoms. The molecule has 108 valence electrons. The molecule has 1 aromatic rings. The highest BCUT2D eigenvalue weighted by Gasteiger charge is 2.08. The summed E-state index contributed by atoms with van der Waals surface area (Å²) in [4.78, 5) is 0. The molecular weight excluding hydrogens is 232 g/mol. The van der Waals surface area contributed by atoms with Gasteiger partial charge in [0, 0.05) is 0 Å². The number of benzene rings is 1. The summed E-state index contributed by atoms with van der Waals surface area (Å²) in [5, 5.41) is 0. The Kier molecular flexibility index (Phi) is 7.39. The molecule has 0 spiro atoms.